The third kappa shape index (κ3) is 3.77. The fourth-order valence-corrected chi connectivity index (χ4v) is 3.31. The summed E-state index contributed by atoms with van der Waals surface area (Å²) in [5.74, 6) is -0.456. The summed E-state index contributed by atoms with van der Waals surface area (Å²) in [6.07, 6.45) is 2.03. The summed E-state index contributed by atoms with van der Waals surface area (Å²) in [6.45, 7) is 1.84. The van der Waals surface area contributed by atoms with Crippen molar-refractivity contribution in [1.82, 2.24) is 14.3 Å². The molecule has 0 spiro atoms. The molecule has 1 aromatic carbocycles. The van der Waals surface area contributed by atoms with E-state index in [-0.39, 0.29) is 27.9 Å². The summed E-state index contributed by atoms with van der Waals surface area (Å²) in [7, 11) is 3.42. The molecule has 0 radical (unpaired) electrons. The van der Waals surface area contributed by atoms with Gasteiger partial charge in [-0.1, -0.05) is 29.3 Å². The summed E-state index contributed by atoms with van der Waals surface area (Å²) in [6, 6.07) is 8.40. The zero-order chi connectivity index (χ0) is 19.7. The largest absolute Gasteiger partial charge is 0.348 e. The number of carbonyl (C=O) groups excluding carboxylic acids is 2. The smallest absolute Gasteiger partial charge is 0.258 e. The molecule has 0 aliphatic rings. The fourth-order valence-electron chi connectivity index (χ4n) is 2.74. The molecular weight excluding hydrogens is 387 g/mol. The van der Waals surface area contributed by atoms with Crippen molar-refractivity contribution in [3.8, 4) is 0 Å². The first-order valence-corrected chi connectivity index (χ1v) is 8.97. The molecule has 0 fully saturated rings. The van der Waals surface area contributed by atoms with E-state index in [1.165, 1.54) is 4.90 Å². The Morgan fingerprint density at radius 1 is 1.15 bits per heavy atom. The van der Waals surface area contributed by atoms with E-state index in [0.717, 1.165) is 11.4 Å². The van der Waals surface area contributed by atoms with Crippen LogP contribution in [0.1, 0.15) is 21.7 Å². The third-order valence-electron chi connectivity index (χ3n) is 4.20. The second-order valence-electron chi connectivity index (χ2n) is 6.28. The lowest BCUT2D eigenvalue weighted by molar-refractivity contribution is -0.128. The fraction of sp³-hybridized carbons (Fsp3) is 0.211. The number of aryl methyl sites for hydroxylation is 1. The van der Waals surface area contributed by atoms with Gasteiger partial charge in [-0.2, -0.15) is 0 Å². The maximum Gasteiger partial charge on any atom is 0.258 e. The number of anilines is 1. The second kappa shape index (κ2) is 7.58. The molecule has 0 aliphatic carbocycles. The van der Waals surface area contributed by atoms with Crippen LogP contribution < -0.4 is 5.32 Å². The normalized spacial score (nSPS) is 10.9. The Morgan fingerprint density at radius 2 is 1.81 bits per heavy atom. The Kier molecular flexibility index (Phi) is 5.39. The van der Waals surface area contributed by atoms with Gasteiger partial charge in [0.15, 0.2) is 5.65 Å². The minimum absolute atomic E-state index is 0.0304. The molecule has 3 rings (SSSR count). The number of fused-ring (bicyclic) bond motifs is 1. The van der Waals surface area contributed by atoms with Gasteiger partial charge in [-0.15, -0.1) is 0 Å². The van der Waals surface area contributed by atoms with Crippen molar-refractivity contribution in [2.75, 3.05) is 19.4 Å². The van der Waals surface area contributed by atoms with Crippen LogP contribution in [0.4, 0.5) is 5.69 Å². The molecule has 0 unspecified atom stereocenters. The predicted octanol–water partition coefficient (Wildman–Crippen LogP) is 3.83. The second-order valence-corrected chi connectivity index (χ2v) is 7.09. The number of imidazole rings is 1. The number of rotatable bonds is 4. The van der Waals surface area contributed by atoms with Gasteiger partial charge in [-0.25, -0.2) is 4.98 Å². The third-order valence-corrected chi connectivity index (χ3v) is 4.83. The zero-order valence-electron chi connectivity index (χ0n) is 15.1. The number of pyridine rings is 1. The van der Waals surface area contributed by atoms with Gasteiger partial charge in [-0.05, 0) is 31.2 Å². The van der Waals surface area contributed by atoms with E-state index in [9.17, 15) is 9.59 Å². The average Bonchev–Trinajstić information content (AvgIpc) is 2.91. The van der Waals surface area contributed by atoms with Gasteiger partial charge in [0.05, 0.1) is 39.1 Å². The molecule has 0 bridgehead atoms. The molecule has 6 nitrogen and oxygen atoms in total. The summed E-state index contributed by atoms with van der Waals surface area (Å²) in [5.41, 5.74) is 2.76. The van der Waals surface area contributed by atoms with Crippen molar-refractivity contribution < 1.29 is 9.59 Å². The van der Waals surface area contributed by atoms with E-state index >= 15 is 0 Å². The molecule has 140 valence electrons. The molecule has 27 heavy (non-hydrogen) atoms. The van der Waals surface area contributed by atoms with Crippen molar-refractivity contribution in [1.29, 1.82) is 0 Å². The molecule has 2 heterocycles. The van der Waals surface area contributed by atoms with Gasteiger partial charge in [0, 0.05) is 20.3 Å². The number of benzene rings is 1. The minimum Gasteiger partial charge on any atom is -0.348 e. The van der Waals surface area contributed by atoms with Crippen LogP contribution in [0.15, 0.2) is 36.5 Å². The number of nitrogens with zero attached hydrogens (tertiary/aromatic N) is 3. The van der Waals surface area contributed by atoms with Crippen LogP contribution >= 0.6 is 23.2 Å². The minimum atomic E-state index is -0.426. The van der Waals surface area contributed by atoms with Crippen LogP contribution in [0.5, 0.6) is 0 Å². The molecule has 2 aromatic heterocycles. The van der Waals surface area contributed by atoms with Crippen molar-refractivity contribution in [2.45, 2.75) is 13.3 Å². The highest BCUT2D eigenvalue weighted by Crippen LogP contribution is 2.27. The number of halogens is 2. The first-order valence-electron chi connectivity index (χ1n) is 8.21. The van der Waals surface area contributed by atoms with Crippen molar-refractivity contribution >= 4 is 46.4 Å². The lowest BCUT2D eigenvalue weighted by Gasteiger charge is -2.11. The van der Waals surface area contributed by atoms with E-state index in [1.807, 2.05) is 13.1 Å². The van der Waals surface area contributed by atoms with Gasteiger partial charge >= 0.3 is 0 Å². The van der Waals surface area contributed by atoms with Crippen LogP contribution in [0.3, 0.4) is 0 Å². The van der Waals surface area contributed by atoms with Crippen LogP contribution in [0.25, 0.3) is 5.65 Å². The molecule has 0 aliphatic heterocycles. The summed E-state index contributed by atoms with van der Waals surface area (Å²) in [5, 5.41) is 3.35. The van der Waals surface area contributed by atoms with Crippen molar-refractivity contribution in [3.63, 3.8) is 0 Å². The Hall–Kier alpha value is -2.57. The molecule has 8 heteroatoms. The zero-order valence-corrected chi connectivity index (χ0v) is 16.6. The van der Waals surface area contributed by atoms with Gasteiger partial charge in [0.2, 0.25) is 5.91 Å². The highest BCUT2D eigenvalue weighted by molar-refractivity contribution is 6.40. The number of carbonyl (C=O) groups is 2. The van der Waals surface area contributed by atoms with E-state index in [2.05, 4.69) is 10.3 Å². The maximum atomic E-state index is 12.7. The summed E-state index contributed by atoms with van der Waals surface area (Å²) >= 11 is 12.2. The van der Waals surface area contributed by atoms with Crippen LogP contribution in [0.2, 0.25) is 10.0 Å². The molecule has 0 saturated heterocycles. The molecular formula is C19H18Cl2N4O2. The SMILES string of the molecule is Cc1nc2c(NC(=O)c3c(Cl)cccc3Cl)cccn2c1CC(=O)N(C)C. The summed E-state index contributed by atoms with van der Waals surface area (Å²) in [4.78, 5) is 30.9. The number of hydrogen-bond acceptors (Lipinski definition) is 3. The molecule has 3 aromatic rings. The lowest BCUT2D eigenvalue weighted by atomic mass is 10.2. The van der Waals surface area contributed by atoms with E-state index < -0.39 is 5.91 Å². The number of amides is 2. The Labute approximate surface area is 166 Å². The first-order chi connectivity index (χ1) is 12.8. The quantitative estimate of drug-likeness (QED) is 0.718. The van der Waals surface area contributed by atoms with Crippen molar-refractivity contribution in [2.24, 2.45) is 0 Å². The van der Waals surface area contributed by atoms with Gasteiger partial charge in [0.1, 0.15) is 0 Å². The number of hydrogen-bond donors (Lipinski definition) is 1. The first kappa shape index (κ1) is 19.2. The highest BCUT2D eigenvalue weighted by atomic mass is 35.5. The van der Waals surface area contributed by atoms with Crippen LogP contribution in [-0.4, -0.2) is 40.2 Å². The highest BCUT2D eigenvalue weighted by Gasteiger charge is 2.19. The molecule has 0 atom stereocenters. The van der Waals surface area contributed by atoms with E-state index in [1.54, 1.807) is 48.8 Å². The standard InChI is InChI=1S/C19H18Cl2N4O2/c1-11-15(10-16(26)24(2)3)25-9-5-8-14(18(25)22-11)23-19(27)17-12(20)6-4-7-13(17)21/h4-9H,10H2,1-3H3,(H,23,27). The summed E-state index contributed by atoms with van der Waals surface area (Å²) < 4.78 is 1.81. The van der Waals surface area contributed by atoms with Gasteiger partial charge in [0.25, 0.3) is 5.91 Å². The maximum absolute atomic E-state index is 12.7. The molecule has 2 amide bonds. The number of likely N-dealkylation sites (N-methyl/N-ethyl adjacent to an activating group) is 1. The topological polar surface area (TPSA) is 66.7 Å². The lowest BCUT2D eigenvalue weighted by Crippen LogP contribution is -2.24. The number of nitrogens with one attached hydrogen (secondary N) is 1. The monoisotopic (exact) mass is 404 g/mol. The van der Waals surface area contributed by atoms with Crippen LogP contribution in [0, 0.1) is 6.92 Å². The van der Waals surface area contributed by atoms with E-state index in [4.69, 9.17) is 23.2 Å². The Balaban J connectivity index is 1.99. The molecule has 1 N–H and O–H groups in total. The van der Waals surface area contributed by atoms with Crippen LogP contribution in [-0.2, 0) is 11.2 Å². The predicted molar refractivity (Wildman–Crippen MR) is 107 cm³/mol. The van der Waals surface area contributed by atoms with Gasteiger partial charge < -0.3 is 14.6 Å². The molecule has 0 saturated carbocycles. The average molecular weight is 405 g/mol. The Morgan fingerprint density at radius 3 is 2.44 bits per heavy atom. The van der Waals surface area contributed by atoms with Crippen molar-refractivity contribution in [3.05, 3.63) is 63.5 Å². The van der Waals surface area contributed by atoms with Gasteiger partial charge in [-0.3, -0.25) is 9.59 Å². The Bertz CT molecular complexity index is 1020. The van der Waals surface area contributed by atoms with E-state index in [0.29, 0.717) is 11.3 Å². The number of aromatic nitrogens is 2.